The van der Waals surface area contributed by atoms with Crippen LogP contribution in [0.4, 0.5) is 0 Å². The summed E-state index contributed by atoms with van der Waals surface area (Å²) in [7, 11) is 1.62. The maximum absolute atomic E-state index is 9.81. The van der Waals surface area contributed by atoms with E-state index in [0.717, 1.165) is 5.56 Å². The molecule has 2 aromatic carbocycles. The number of nitrogens with zero attached hydrogens (tertiary/aromatic N) is 3. The Labute approximate surface area is 140 Å². The molecule has 0 saturated carbocycles. The Balaban J connectivity index is 1.99. The van der Waals surface area contributed by atoms with Crippen LogP contribution in [-0.4, -0.2) is 27.0 Å². The number of aromatic nitrogens is 3. The highest BCUT2D eigenvalue weighted by molar-refractivity contribution is 5.72. The van der Waals surface area contributed by atoms with Crippen LogP contribution >= 0.6 is 0 Å². The van der Waals surface area contributed by atoms with Crippen molar-refractivity contribution in [2.24, 2.45) is 0 Å². The van der Waals surface area contributed by atoms with Crippen LogP contribution in [0.1, 0.15) is 11.4 Å². The van der Waals surface area contributed by atoms with Crippen LogP contribution in [-0.2, 0) is 0 Å². The van der Waals surface area contributed by atoms with Gasteiger partial charge in [-0.2, -0.15) is 0 Å². The third-order valence-electron chi connectivity index (χ3n) is 3.52. The van der Waals surface area contributed by atoms with Gasteiger partial charge in [0, 0.05) is 11.8 Å². The minimum Gasteiger partial charge on any atom is -0.507 e. The second kappa shape index (κ2) is 6.83. The smallest absolute Gasteiger partial charge is 0.175 e. The summed E-state index contributed by atoms with van der Waals surface area (Å²) in [6.07, 6.45) is 5.10. The summed E-state index contributed by atoms with van der Waals surface area (Å²) in [6.45, 7) is 3.77. The highest BCUT2D eigenvalue weighted by Gasteiger charge is 2.13. The van der Waals surface area contributed by atoms with E-state index in [1.54, 1.807) is 42.3 Å². The lowest BCUT2D eigenvalue weighted by Gasteiger charge is -2.06. The van der Waals surface area contributed by atoms with Crippen LogP contribution in [0, 0.1) is 0 Å². The minimum atomic E-state index is 0.210. The molecule has 0 atom stereocenters. The highest BCUT2D eigenvalue weighted by atomic mass is 16.5. The second-order valence-electron chi connectivity index (χ2n) is 5.01. The van der Waals surface area contributed by atoms with Crippen LogP contribution in [0.2, 0.25) is 0 Å². The Morgan fingerprint density at radius 3 is 2.58 bits per heavy atom. The lowest BCUT2D eigenvalue weighted by Crippen LogP contribution is -1.95. The van der Waals surface area contributed by atoms with E-state index in [9.17, 15) is 5.11 Å². The molecule has 0 fully saturated rings. The van der Waals surface area contributed by atoms with E-state index in [0.29, 0.717) is 23.0 Å². The SMILES string of the molecule is C=Cn1nc(/C=C/c2ccccc2O)nc1-c1ccccc1OC. The maximum atomic E-state index is 9.81. The molecule has 24 heavy (non-hydrogen) atoms. The number of phenolic OH excluding ortho intramolecular Hbond substituents is 1. The molecule has 0 bridgehead atoms. The fourth-order valence-electron chi connectivity index (χ4n) is 2.34. The molecule has 0 saturated heterocycles. The molecule has 0 aliphatic rings. The van der Waals surface area contributed by atoms with E-state index in [4.69, 9.17) is 4.74 Å². The van der Waals surface area contributed by atoms with Gasteiger partial charge in [0.15, 0.2) is 11.6 Å². The largest absolute Gasteiger partial charge is 0.507 e. The predicted octanol–water partition coefficient (Wildman–Crippen LogP) is 3.93. The molecule has 1 N–H and O–H groups in total. The molecule has 3 rings (SSSR count). The van der Waals surface area contributed by atoms with Crippen molar-refractivity contribution in [3.8, 4) is 22.9 Å². The van der Waals surface area contributed by atoms with E-state index in [-0.39, 0.29) is 5.75 Å². The number of ether oxygens (including phenoxy) is 1. The molecule has 0 spiro atoms. The molecule has 0 aliphatic heterocycles. The average molecular weight is 319 g/mol. The first-order valence-corrected chi connectivity index (χ1v) is 7.41. The van der Waals surface area contributed by atoms with Crippen LogP contribution in [0.15, 0.2) is 55.1 Å². The number of methoxy groups -OCH3 is 1. The molecule has 0 radical (unpaired) electrons. The summed E-state index contributed by atoms with van der Waals surface area (Å²) in [5.41, 5.74) is 1.53. The van der Waals surface area contributed by atoms with Crippen molar-refractivity contribution in [2.75, 3.05) is 7.11 Å². The zero-order valence-corrected chi connectivity index (χ0v) is 13.3. The predicted molar refractivity (Wildman–Crippen MR) is 95.4 cm³/mol. The summed E-state index contributed by atoms with van der Waals surface area (Å²) in [5.74, 6) is 2.07. The molecule has 0 aliphatic carbocycles. The van der Waals surface area contributed by atoms with Crippen molar-refractivity contribution in [2.45, 2.75) is 0 Å². The Morgan fingerprint density at radius 1 is 1.08 bits per heavy atom. The van der Waals surface area contributed by atoms with Gasteiger partial charge in [0.25, 0.3) is 0 Å². The van der Waals surface area contributed by atoms with Gasteiger partial charge in [-0.15, -0.1) is 5.10 Å². The van der Waals surface area contributed by atoms with Gasteiger partial charge in [0.05, 0.1) is 12.7 Å². The van der Waals surface area contributed by atoms with Crippen molar-refractivity contribution < 1.29 is 9.84 Å². The quantitative estimate of drug-likeness (QED) is 0.774. The standard InChI is InChI=1S/C19H17N3O2/c1-3-22-19(15-9-5-7-11-17(15)24-2)20-18(21-22)13-12-14-8-4-6-10-16(14)23/h3-13,23H,1H2,2H3/b13-12+. The third kappa shape index (κ3) is 3.05. The average Bonchev–Trinajstić information content (AvgIpc) is 3.04. The third-order valence-corrected chi connectivity index (χ3v) is 3.52. The highest BCUT2D eigenvalue weighted by Crippen LogP contribution is 2.28. The van der Waals surface area contributed by atoms with Crippen molar-refractivity contribution in [3.63, 3.8) is 0 Å². The first kappa shape index (κ1) is 15.6. The van der Waals surface area contributed by atoms with Crippen molar-refractivity contribution in [1.29, 1.82) is 0 Å². The zero-order valence-electron chi connectivity index (χ0n) is 13.3. The van der Waals surface area contributed by atoms with E-state index in [1.807, 2.05) is 36.4 Å². The fourth-order valence-corrected chi connectivity index (χ4v) is 2.34. The van der Waals surface area contributed by atoms with Gasteiger partial charge in [0.2, 0.25) is 0 Å². The number of hydrogen-bond acceptors (Lipinski definition) is 4. The lowest BCUT2D eigenvalue weighted by atomic mass is 10.2. The minimum absolute atomic E-state index is 0.210. The fraction of sp³-hybridized carbons (Fsp3) is 0.0526. The molecule has 120 valence electrons. The summed E-state index contributed by atoms with van der Waals surface area (Å²) < 4.78 is 6.99. The van der Waals surface area contributed by atoms with Crippen molar-refractivity contribution >= 4 is 18.4 Å². The normalized spacial score (nSPS) is 10.9. The number of aromatic hydroxyl groups is 1. The van der Waals surface area contributed by atoms with Gasteiger partial charge in [-0.25, -0.2) is 9.67 Å². The zero-order chi connectivity index (χ0) is 16.9. The molecule has 5 heteroatoms. The Bertz CT molecular complexity index is 897. The monoisotopic (exact) mass is 319 g/mol. The molecule has 3 aromatic rings. The number of rotatable bonds is 5. The van der Waals surface area contributed by atoms with Crippen LogP contribution in [0.5, 0.6) is 11.5 Å². The first-order valence-electron chi connectivity index (χ1n) is 7.41. The molecule has 1 aromatic heterocycles. The first-order chi connectivity index (χ1) is 11.7. The molecule has 1 heterocycles. The van der Waals surface area contributed by atoms with Crippen LogP contribution < -0.4 is 4.74 Å². The second-order valence-corrected chi connectivity index (χ2v) is 5.01. The number of phenols is 1. The Hall–Kier alpha value is -3.34. The summed E-state index contributed by atoms with van der Waals surface area (Å²) in [6, 6.07) is 14.7. The van der Waals surface area contributed by atoms with Gasteiger partial charge in [-0.1, -0.05) is 36.9 Å². The molecule has 0 unspecified atom stereocenters. The van der Waals surface area contributed by atoms with E-state index in [2.05, 4.69) is 16.7 Å². The van der Waals surface area contributed by atoms with Gasteiger partial charge < -0.3 is 9.84 Å². The number of para-hydroxylation sites is 2. The number of benzene rings is 2. The molecular formula is C19H17N3O2. The van der Waals surface area contributed by atoms with E-state index in [1.165, 1.54) is 0 Å². The molecule has 0 amide bonds. The van der Waals surface area contributed by atoms with Crippen molar-refractivity contribution in [1.82, 2.24) is 14.8 Å². The summed E-state index contributed by atoms with van der Waals surface area (Å²) >= 11 is 0. The topological polar surface area (TPSA) is 60.2 Å². The molecule has 5 nitrogen and oxygen atoms in total. The van der Waals surface area contributed by atoms with Crippen LogP contribution in [0.3, 0.4) is 0 Å². The Morgan fingerprint density at radius 2 is 1.83 bits per heavy atom. The van der Waals surface area contributed by atoms with Gasteiger partial charge in [-0.3, -0.25) is 0 Å². The van der Waals surface area contributed by atoms with Gasteiger partial charge >= 0.3 is 0 Å². The van der Waals surface area contributed by atoms with Gasteiger partial charge in [0.1, 0.15) is 11.5 Å². The lowest BCUT2D eigenvalue weighted by molar-refractivity contribution is 0.416. The van der Waals surface area contributed by atoms with Gasteiger partial charge in [-0.05, 0) is 30.4 Å². The molecular weight excluding hydrogens is 302 g/mol. The summed E-state index contributed by atoms with van der Waals surface area (Å²) in [4.78, 5) is 4.54. The summed E-state index contributed by atoms with van der Waals surface area (Å²) in [5, 5.41) is 14.2. The number of hydrogen-bond donors (Lipinski definition) is 1. The van der Waals surface area contributed by atoms with E-state index >= 15 is 0 Å². The maximum Gasteiger partial charge on any atom is 0.175 e. The van der Waals surface area contributed by atoms with E-state index < -0.39 is 0 Å². The van der Waals surface area contributed by atoms with Crippen LogP contribution in [0.25, 0.3) is 29.7 Å². The Kier molecular flexibility index (Phi) is 4.43. The van der Waals surface area contributed by atoms with Crippen molar-refractivity contribution in [3.05, 3.63) is 66.5 Å².